The maximum absolute atomic E-state index is 6.32. The Bertz CT molecular complexity index is 269. The van der Waals surface area contributed by atoms with E-state index in [1.54, 1.807) is 0 Å². The van der Waals surface area contributed by atoms with Gasteiger partial charge in [0.25, 0.3) is 0 Å². The van der Waals surface area contributed by atoms with E-state index in [0.717, 1.165) is 12.3 Å². The van der Waals surface area contributed by atoms with E-state index in [4.69, 9.17) is 5.73 Å². The predicted octanol–water partition coefficient (Wildman–Crippen LogP) is 3.58. The van der Waals surface area contributed by atoms with Crippen molar-refractivity contribution in [3.63, 3.8) is 0 Å². The molecule has 92 valence electrons. The van der Waals surface area contributed by atoms with Gasteiger partial charge in [0, 0.05) is 12.5 Å². The molecule has 0 heterocycles. The highest BCUT2D eigenvalue weighted by Crippen LogP contribution is 2.42. The second-order valence-corrected chi connectivity index (χ2v) is 6.10. The molecule has 0 amide bonds. The van der Waals surface area contributed by atoms with Crippen molar-refractivity contribution in [2.75, 3.05) is 0 Å². The Kier molecular flexibility index (Phi) is 4.87. The van der Waals surface area contributed by atoms with E-state index in [0.29, 0.717) is 17.4 Å². The smallest absolute Gasteiger partial charge is 0.00937 e. The minimum absolute atomic E-state index is 0.351. The zero-order valence-electron chi connectivity index (χ0n) is 11.3. The van der Waals surface area contributed by atoms with Crippen LogP contribution in [0.1, 0.15) is 59.8 Å². The average Bonchev–Trinajstić information content (AvgIpc) is 2.17. The van der Waals surface area contributed by atoms with E-state index in [2.05, 4.69) is 32.6 Å². The van der Waals surface area contributed by atoms with E-state index in [1.807, 2.05) is 6.92 Å². The summed E-state index contributed by atoms with van der Waals surface area (Å²) in [5.74, 6) is 7.66. The van der Waals surface area contributed by atoms with Crippen LogP contribution in [0, 0.1) is 29.1 Å². The van der Waals surface area contributed by atoms with Crippen LogP contribution < -0.4 is 5.73 Å². The average molecular weight is 221 g/mol. The molecule has 1 heteroatoms. The molecule has 1 saturated carbocycles. The first-order chi connectivity index (χ1) is 7.47. The third-order valence-electron chi connectivity index (χ3n) is 4.24. The molecule has 0 saturated heterocycles. The fourth-order valence-electron chi connectivity index (χ4n) is 3.09. The Hall–Kier alpha value is -0.480. The molecule has 0 aromatic rings. The van der Waals surface area contributed by atoms with E-state index in [-0.39, 0.29) is 0 Å². The molecule has 0 radical (unpaired) electrons. The van der Waals surface area contributed by atoms with Gasteiger partial charge in [-0.2, -0.15) is 0 Å². The molecule has 16 heavy (non-hydrogen) atoms. The van der Waals surface area contributed by atoms with E-state index in [9.17, 15) is 0 Å². The third kappa shape index (κ3) is 3.52. The second-order valence-electron chi connectivity index (χ2n) is 6.10. The quantitative estimate of drug-likeness (QED) is 0.724. The van der Waals surface area contributed by atoms with Gasteiger partial charge in [-0.3, -0.25) is 0 Å². The summed E-state index contributed by atoms with van der Waals surface area (Å²) in [6.07, 6.45) is 6.05. The molecule has 0 bridgehead atoms. The number of hydrogen-bond acceptors (Lipinski definition) is 1. The minimum atomic E-state index is 0.351. The largest absolute Gasteiger partial charge is 0.327 e. The van der Waals surface area contributed by atoms with Crippen LogP contribution in [0.25, 0.3) is 0 Å². The molecule has 2 N–H and O–H groups in total. The van der Waals surface area contributed by atoms with E-state index >= 15 is 0 Å². The summed E-state index contributed by atoms with van der Waals surface area (Å²) in [5, 5.41) is 0. The first kappa shape index (κ1) is 13.6. The van der Waals surface area contributed by atoms with Crippen LogP contribution >= 0.6 is 0 Å². The van der Waals surface area contributed by atoms with Gasteiger partial charge in [-0.05, 0) is 43.4 Å². The Morgan fingerprint density at radius 2 is 2.00 bits per heavy atom. The molecule has 1 nitrogen and oxygen atoms in total. The zero-order chi connectivity index (χ0) is 12.2. The standard InChI is InChI=1S/C15H27N/c1-5-6-7-10-15(3,4)13-9-8-12(2)11-14(13)16/h12-14H,7-11,16H2,1-4H3. The molecule has 3 unspecified atom stereocenters. The fraction of sp³-hybridized carbons (Fsp3) is 0.867. The van der Waals surface area contributed by atoms with Crippen molar-refractivity contribution >= 4 is 0 Å². The normalized spacial score (nSPS) is 30.7. The van der Waals surface area contributed by atoms with Crippen LogP contribution in [0.5, 0.6) is 0 Å². The molecule has 0 aromatic carbocycles. The van der Waals surface area contributed by atoms with Crippen molar-refractivity contribution in [2.24, 2.45) is 23.0 Å². The summed E-state index contributed by atoms with van der Waals surface area (Å²) in [6, 6.07) is 0.397. The fourth-order valence-corrected chi connectivity index (χ4v) is 3.09. The molecular formula is C15H27N. The van der Waals surface area contributed by atoms with Crippen molar-refractivity contribution in [1.29, 1.82) is 0 Å². The Morgan fingerprint density at radius 3 is 2.56 bits per heavy atom. The summed E-state index contributed by atoms with van der Waals surface area (Å²) >= 11 is 0. The van der Waals surface area contributed by atoms with Gasteiger partial charge < -0.3 is 5.73 Å². The molecule has 0 aliphatic heterocycles. The highest BCUT2D eigenvalue weighted by Gasteiger charge is 2.36. The Labute approximate surface area is 101 Å². The van der Waals surface area contributed by atoms with Gasteiger partial charge in [0.05, 0.1) is 0 Å². The predicted molar refractivity (Wildman–Crippen MR) is 70.9 cm³/mol. The molecule has 1 aliphatic carbocycles. The monoisotopic (exact) mass is 221 g/mol. The van der Waals surface area contributed by atoms with E-state index in [1.165, 1.54) is 25.7 Å². The van der Waals surface area contributed by atoms with Crippen LogP contribution in [0.15, 0.2) is 0 Å². The first-order valence-corrected chi connectivity index (χ1v) is 6.62. The lowest BCUT2D eigenvalue weighted by Crippen LogP contribution is -2.43. The van der Waals surface area contributed by atoms with Crippen LogP contribution in [-0.2, 0) is 0 Å². The van der Waals surface area contributed by atoms with Crippen molar-refractivity contribution < 1.29 is 0 Å². The number of hydrogen-bond donors (Lipinski definition) is 1. The second kappa shape index (κ2) is 5.73. The summed E-state index contributed by atoms with van der Waals surface area (Å²) in [6.45, 7) is 8.97. The van der Waals surface area contributed by atoms with Crippen LogP contribution in [-0.4, -0.2) is 6.04 Å². The van der Waals surface area contributed by atoms with Gasteiger partial charge in [0.15, 0.2) is 0 Å². The van der Waals surface area contributed by atoms with Crippen LogP contribution in [0.4, 0.5) is 0 Å². The molecule has 0 aromatic heterocycles. The molecule has 1 rings (SSSR count). The summed E-state index contributed by atoms with van der Waals surface area (Å²) in [4.78, 5) is 0. The van der Waals surface area contributed by atoms with Crippen molar-refractivity contribution in [3.8, 4) is 11.8 Å². The summed E-state index contributed by atoms with van der Waals surface area (Å²) < 4.78 is 0. The summed E-state index contributed by atoms with van der Waals surface area (Å²) in [5.41, 5.74) is 6.67. The van der Waals surface area contributed by atoms with Crippen molar-refractivity contribution in [2.45, 2.75) is 65.8 Å². The van der Waals surface area contributed by atoms with Gasteiger partial charge >= 0.3 is 0 Å². The van der Waals surface area contributed by atoms with E-state index < -0.39 is 0 Å². The van der Waals surface area contributed by atoms with Gasteiger partial charge in [0.1, 0.15) is 0 Å². The van der Waals surface area contributed by atoms with Gasteiger partial charge in [0.2, 0.25) is 0 Å². The first-order valence-electron chi connectivity index (χ1n) is 6.62. The minimum Gasteiger partial charge on any atom is -0.327 e. The lowest BCUT2D eigenvalue weighted by atomic mass is 9.65. The van der Waals surface area contributed by atoms with Crippen LogP contribution in [0.2, 0.25) is 0 Å². The Balaban J connectivity index is 2.55. The molecular weight excluding hydrogens is 194 g/mol. The summed E-state index contributed by atoms with van der Waals surface area (Å²) in [7, 11) is 0. The number of nitrogens with two attached hydrogens (primary N) is 1. The SMILES string of the molecule is CC#CCCC(C)(C)C1CCC(C)CC1N. The maximum atomic E-state index is 6.32. The lowest BCUT2D eigenvalue weighted by Gasteiger charge is -2.42. The van der Waals surface area contributed by atoms with Crippen LogP contribution in [0.3, 0.4) is 0 Å². The van der Waals surface area contributed by atoms with Crippen molar-refractivity contribution in [1.82, 2.24) is 0 Å². The molecule has 0 spiro atoms. The zero-order valence-corrected chi connectivity index (χ0v) is 11.3. The van der Waals surface area contributed by atoms with Crippen molar-refractivity contribution in [3.05, 3.63) is 0 Å². The molecule has 3 atom stereocenters. The van der Waals surface area contributed by atoms with Gasteiger partial charge in [-0.25, -0.2) is 0 Å². The number of rotatable bonds is 3. The topological polar surface area (TPSA) is 26.0 Å². The van der Waals surface area contributed by atoms with Gasteiger partial charge in [-0.15, -0.1) is 11.8 Å². The third-order valence-corrected chi connectivity index (χ3v) is 4.24. The maximum Gasteiger partial charge on any atom is 0.00937 e. The highest BCUT2D eigenvalue weighted by atomic mass is 14.7. The molecule has 1 aliphatic rings. The van der Waals surface area contributed by atoms with Gasteiger partial charge in [-0.1, -0.05) is 27.2 Å². The highest BCUT2D eigenvalue weighted by molar-refractivity contribution is 4.98. The molecule has 1 fully saturated rings. The Morgan fingerprint density at radius 1 is 1.31 bits per heavy atom. The lowest BCUT2D eigenvalue weighted by molar-refractivity contribution is 0.106.